The average Bonchev–Trinajstić information content (AvgIpc) is 3.21. The van der Waals surface area contributed by atoms with Crippen LogP contribution < -0.4 is 11.1 Å². The van der Waals surface area contributed by atoms with Crippen molar-refractivity contribution in [3.63, 3.8) is 0 Å². The van der Waals surface area contributed by atoms with Gasteiger partial charge in [-0.25, -0.2) is 4.79 Å². The van der Waals surface area contributed by atoms with Crippen molar-refractivity contribution in [2.75, 3.05) is 26.4 Å². The van der Waals surface area contributed by atoms with Gasteiger partial charge >= 0.3 is 5.97 Å². The highest BCUT2D eigenvalue weighted by molar-refractivity contribution is 5.96. The Morgan fingerprint density at radius 2 is 2.29 bits per heavy atom. The van der Waals surface area contributed by atoms with Crippen molar-refractivity contribution in [1.82, 2.24) is 10.2 Å². The van der Waals surface area contributed by atoms with Gasteiger partial charge in [-0.1, -0.05) is 12.2 Å². The summed E-state index contributed by atoms with van der Waals surface area (Å²) in [6.45, 7) is 2.81. The van der Waals surface area contributed by atoms with Gasteiger partial charge in [0, 0.05) is 25.5 Å². The first-order valence-electron chi connectivity index (χ1n) is 9.86. The SMILES string of the molecule is CCOC(=O)[C@@]12C[C@H]1/C=C\COCCC[C@H](N)C(=O)N1C[C@H](O)C[C@H]1C(=O)N2. The third-order valence-electron chi connectivity index (χ3n) is 5.57. The van der Waals surface area contributed by atoms with Crippen molar-refractivity contribution in [2.24, 2.45) is 11.7 Å². The van der Waals surface area contributed by atoms with Gasteiger partial charge in [0.2, 0.25) is 11.8 Å². The molecule has 1 aliphatic carbocycles. The average molecular weight is 395 g/mol. The van der Waals surface area contributed by atoms with Crippen LogP contribution in [0.4, 0.5) is 0 Å². The Labute approximate surface area is 164 Å². The molecule has 0 unspecified atom stereocenters. The molecule has 0 spiro atoms. The number of amides is 2. The first-order valence-corrected chi connectivity index (χ1v) is 9.86. The van der Waals surface area contributed by atoms with Gasteiger partial charge in [-0.05, 0) is 26.2 Å². The normalized spacial score (nSPS) is 37.8. The highest BCUT2D eigenvalue weighted by Gasteiger charge is 2.62. The molecule has 156 valence electrons. The van der Waals surface area contributed by atoms with Gasteiger partial charge in [0.1, 0.15) is 11.6 Å². The Balaban J connectivity index is 1.84. The van der Waals surface area contributed by atoms with E-state index in [9.17, 15) is 19.5 Å². The smallest absolute Gasteiger partial charge is 0.332 e. The Morgan fingerprint density at radius 1 is 1.50 bits per heavy atom. The molecule has 0 aromatic carbocycles. The van der Waals surface area contributed by atoms with Gasteiger partial charge in [-0.3, -0.25) is 9.59 Å². The van der Waals surface area contributed by atoms with E-state index in [0.29, 0.717) is 32.5 Å². The van der Waals surface area contributed by atoms with Crippen molar-refractivity contribution in [3.8, 4) is 0 Å². The van der Waals surface area contributed by atoms with Crippen LogP contribution in [0.15, 0.2) is 12.2 Å². The highest BCUT2D eigenvalue weighted by Crippen LogP contribution is 2.46. The Bertz CT molecular complexity index is 654. The summed E-state index contributed by atoms with van der Waals surface area (Å²) in [7, 11) is 0. The summed E-state index contributed by atoms with van der Waals surface area (Å²) in [5.41, 5.74) is 4.88. The number of nitrogens with zero attached hydrogens (tertiary/aromatic N) is 1. The van der Waals surface area contributed by atoms with E-state index in [0.717, 1.165) is 0 Å². The number of aliphatic hydroxyl groups excluding tert-OH is 1. The molecule has 9 nitrogen and oxygen atoms in total. The van der Waals surface area contributed by atoms with Crippen LogP contribution in [0.25, 0.3) is 0 Å². The summed E-state index contributed by atoms with van der Waals surface area (Å²) in [4.78, 5) is 39.6. The molecule has 1 saturated carbocycles. The molecule has 1 saturated heterocycles. The van der Waals surface area contributed by atoms with Crippen LogP contribution in [0.1, 0.15) is 32.6 Å². The van der Waals surface area contributed by atoms with Crippen LogP contribution in [0.5, 0.6) is 0 Å². The number of carbonyl (C=O) groups excluding carboxylic acids is 3. The quantitative estimate of drug-likeness (QED) is 0.407. The maximum Gasteiger partial charge on any atom is 0.332 e. The van der Waals surface area contributed by atoms with Crippen molar-refractivity contribution >= 4 is 17.8 Å². The molecular formula is C19H29N3O6. The number of carbonyl (C=O) groups is 3. The van der Waals surface area contributed by atoms with Crippen LogP contribution in [0, 0.1) is 5.92 Å². The van der Waals surface area contributed by atoms with E-state index in [1.54, 1.807) is 6.92 Å². The van der Waals surface area contributed by atoms with Crippen molar-refractivity contribution in [2.45, 2.75) is 56.3 Å². The minimum Gasteiger partial charge on any atom is -0.464 e. The Morgan fingerprint density at radius 3 is 3.04 bits per heavy atom. The lowest BCUT2D eigenvalue weighted by atomic mass is 10.1. The van der Waals surface area contributed by atoms with Gasteiger partial charge in [-0.15, -0.1) is 0 Å². The molecule has 4 N–H and O–H groups in total. The van der Waals surface area contributed by atoms with Crippen LogP contribution in [0.2, 0.25) is 0 Å². The number of esters is 1. The number of aliphatic hydroxyl groups is 1. The van der Waals surface area contributed by atoms with E-state index in [4.69, 9.17) is 15.2 Å². The molecule has 9 heteroatoms. The summed E-state index contributed by atoms with van der Waals surface area (Å²) < 4.78 is 10.7. The van der Waals surface area contributed by atoms with E-state index in [1.807, 2.05) is 12.2 Å². The fraction of sp³-hybridized carbons (Fsp3) is 0.737. The van der Waals surface area contributed by atoms with Gasteiger partial charge in [0.25, 0.3) is 0 Å². The minimum absolute atomic E-state index is 0.0524. The topological polar surface area (TPSA) is 131 Å². The molecule has 0 radical (unpaired) electrons. The Kier molecular flexibility index (Phi) is 6.36. The summed E-state index contributed by atoms with van der Waals surface area (Å²) >= 11 is 0. The predicted octanol–water partition coefficient (Wildman–Crippen LogP) is -0.920. The van der Waals surface area contributed by atoms with E-state index in [2.05, 4.69) is 5.32 Å². The lowest BCUT2D eigenvalue weighted by Gasteiger charge is -2.28. The van der Waals surface area contributed by atoms with Gasteiger partial charge in [-0.2, -0.15) is 0 Å². The third kappa shape index (κ3) is 4.21. The summed E-state index contributed by atoms with van der Waals surface area (Å²) in [5.74, 6) is -1.52. The van der Waals surface area contributed by atoms with E-state index in [-0.39, 0.29) is 31.4 Å². The largest absolute Gasteiger partial charge is 0.464 e. The molecule has 3 aliphatic rings. The number of nitrogens with one attached hydrogen (secondary N) is 1. The lowest BCUT2D eigenvalue weighted by molar-refractivity contribution is -0.150. The predicted molar refractivity (Wildman–Crippen MR) is 98.9 cm³/mol. The number of fused-ring (bicyclic) bond motifs is 2. The third-order valence-corrected chi connectivity index (χ3v) is 5.57. The summed E-state index contributed by atoms with van der Waals surface area (Å²) in [6.07, 6.45) is 4.47. The fourth-order valence-electron chi connectivity index (χ4n) is 3.93. The van der Waals surface area contributed by atoms with Crippen molar-refractivity contribution < 1.29 is 29.0 Å². The van der Waals surface area contributed by atoms with Crippen LogP contribution in [0.3, 0.4) is 0 Å². The number of rotatable bonds is 2. The van der Waals surface area contributed by atoms with Crippen molar-refractivity contribution in [3.05, 3.63) is 12.2 Å². The van der Waals surface area contributed by atoms with Gasteiger partial charge < -0.3 is 30.5 Å². The molecule has 2 heterocycles. The van der Waals surface area contributed by atoms with Crippen molar-refractivity contribution in [1.29, 1.82) is 0 Å². The zero-order valence-corrected chi connectivity index (χ0v) is 16.1. The second kappa shape index (κ2) is 8.59. The molecule has 0 aromatic rings. The van der Waals surface area contributed by atoms with Gasteiger partial charge in [0.05, 0.1) is 25.4 Å². The number of hydrogen-bond acceptors (Lipinski definition) is 7. The fourth-order valence-corrected chi connectivity index (χ4v) is 3.93. The number of ether oxygens (including phenoxy) is 2. The molecular weight excluding hydrogens is 366 g/mol. The van der Waals surface area contributed by atoms with E-state index in [1.165, 1.54) is 4.90 Å². The molecule has 2 aliphatic heterocycles. The lowest BCUT2D eigenvalue weighted by Crippen LogP contribution is -2.55. The second-order valence-electron chi connectivity index (χ2n) is 7.64. The highest BCUT2D eigenvalue weighted by atomic mass is 16.5. The zero-order chi connectivity index (χ0) is 20.3. The standard InChI is InChI=1S/C19H29N3O6/c1-2-28-18(26)19-10-12(19)5-3-7-27-8-4-6-14(20)17(25)22-11-13(23)9-15(22)16(24)21-19/h3,5,12-15,23H,2,4,6-11,20H2,1H3,(H,21,24)/b5-3-/t12-,13-,14+,15+,19-/m1/s1. The molecule has 0 bridgehead atoms. The number of hydrogen-bond donors (Lipinski definition) is 3. The molecule has 5 atom stereocenters. The van der Waals surface area contributed by atoms with E-state index < -0.39 is 35.6 Å². The second-order valence-corrected chi connectivity index (χ2v) is 7.64. The first kappa shape index (κ1) is 20.8. The first-order chi connectivity index (χ1) is 13.4. The maximum absolute atomic E-state index is 13.0. The zero-order valence-electron chi connectivity index (χ0n) is 16.1. The minimum atomic E-state index is -1.13. The van der Waals surface area contributed by atoms with E-state index >= 15 is 0 Å². The molecule has 0 aromatic heterocycles. The molecule has 28 heavy (non-hydrogen) atoms. The molecule has 3 rings (SSSR count). The number of nitrogens with two attached hydrogens (primary N) is 1. The van der Waals surface area contributed by atoms with Crippen LogP contribution in [-0.2, 0) is 23.9 Å². The summed E-state index contributed by atoms with van der Waals surface area (Å²) in [6, 6.07) is -1.62. The molecule has 2 fully saturated rings. The molecule has 2 amide bonds. The van der Waals surface area contributed by atoms with Crippen LogP contribution in [-0.4, -0.2) is 77.9 Å². The monoisotopic (exact) mass is 395 g/mol. The Hall–Kier alpha value is -1.97. The maximum atomic E-state index is 13.0. The van der Waals surface area contributed by atoms with Crippen LogP contribution >= 0.6 is 0 Å². The van der Waals surface area contributed by atoms with Gasteiger partial charge in [0.15, 0.2) is 0 Å². The summed E-state index contributed by atoms with van der Waals surface area (Å²) in [5, 5.41) is 12.8.